The normalized spacial score (nSPS) is 19.2. The zero-order valence-corrected chi connectivity index (χ0v) is 9.76. The summed E-state index contributed by atoms with van der Waals surface area (Å²) in [6.07, 6.45) is 5.81. The monoisotopic (exact) mass is 240 g/mol. The zero-order valence-electron chi connectivity index (χ0n) is 9.76. The van der Waals surface area contributed by atoms with Crippen LogP contribution in [0, 0.1) is 17.6 Å². The van der Waals surface area contributed by atoms with E-state index >= 15 is 0 Å². The highest BCUT2D eigenvalue weighted by molar-refractivity contribution is 5.22. The second-order valence-corrected chi connectivity index (χ2v) is 4.72. The highest BCUT2D eigenvalue weighted by atomic mass is 19.2. The number of rotatable bonds is 3. The molecule has 0 bridgehead atoms. The molecule has 3 N–H and O–H groups in total. The first kappa shape index (κ1) is 12.5. The van der Waals surface area contributed by atoms with E-state index in [9.17, 15) is 8.78 Å². The molecule has 4 heteroatoms. The van der Waals surface area contributed by atoms with Crippen molar-refractivity contribution in [2.75, 3.05) is 0 Å². The van der Waals surface area contributed by atoms with Crippen LogP contribution in [0.15, 0.2) is 18.2 Å². The Kier molecular flexibility index (Phi) is 4.07. The molecule has 0 saturated heterocycles. The van der Waals surface area contributed by atoms with Crippen LogP contribution in [0.1, 0.15) is 43.7 Å². The Hall–Kier alpha value is -1.00. The topological polar surface area (TPSA) is 38.0 Å². The SMILES string of the molecule is NNC(c1ccc(F)c(F)c1)C1CCCCC1. The second kappa shape index (κ2) is 5.56. The lowest BCUT2D eigenvalue weighted by Crippen LogP contribution is -2.34. The Labute approximate surface area is 100 Å². The predicted octanol–water partition coefficient (Wildman–Crippen LogP) is 3.05. The van der Waals surface area contributed by atoms with Crippen LogP contribution in [0.3, 0.4) is 0 Å². The van der Waals surface area contributed by atoms with Crippen molar-refractivity contribution in [3.8, 4) is 0 Å². The maximum atomic E-state index is 13.2. The van der Waals surface area contributed by atoms with Crippen molar-refractivity contribution in [1.29, 1.82) is 0 Å². The number of nitrogens with two attached hydrogens (primary N) is 1. The number of hydrazine groups is 1. The Morgan fingerprint density at radius 1 is 1.12 bits per heavy atom. The number of halogens is 2. The van der Waals surface area contributed by atoms with E-state index in [1.165, 1.54) is 25.3 Å². The Morgan fingerprint density at radius 2 is 1.82 bits per heavy atom. The molecule has 0 radical (unpaired) electrons. The number of nitrogens with one attached hydrogen (secondary N) is 1. The quantitative estimate of drug-likeness (QED) is 0.629. The minimum Gasteiger partial charge on any atom is -0.271 e. The molecule has 1 saturated carbocycles. The zero-order chi connectivity index (χ0) is 12.3. The third kappa shape index (κ3) is 2.82. The molecule has 2 rings (SSSR count). The minimum absolute atomic E-state index is 0.0783. The van der Waals surface area contributed by atoms with Gasteiger partial charge in [0.2, 0.25) is 0 Å². The molecule has 1 fully saturated rings. The smallest absolute Gasteiger partial charge is 0.159 e. The molecule has 1 aliphatic rings. The first-order chi connectivity index (χ1) is 8.22. The molecular formula is C13H18F2N2. The first-order valence-corrected chi connectivity index (χ1v) is 6.13. The van der Waals surface area contributed by atoms with E-state index in [4.69, 9.17) is 5.84 Å². The van der Waals surface area contributed by atoms with Gasteiger partial charge >= 0.3 is 0 Å². The second-order valence-electron chi connectivity index (χ2n) is 4.72. The molecule has 0 aliphatic heterocycles. The van der Waals surface area contributed by atoms with Crippen molar-refractivity contribution in [3.05, 3.63) is 35.4 Å². The molecule has 1 aromatic rings. The average Bonchev–Trinajstić information content (AvgIpc) is 2.36. The summed E-state index contributed by atoms with van der Waals surface area (Å²) in [4.78, 5) is 0. The number of benzene rings is 1. The Bertz CT molecular complexity index is 376. The number of hydrogen-bond acceptors (Lipinski definition) is 2. The van der Waals surface area contributed by atoms with Gasteiger partial charge in [0.05, 0.1) is 0 Å². The molecule has 1 aliphatic carbocycles. The van der Waals surface area contributed by atoms with E-state index in [0.29, 0.717) is 5.92 Å². The summed E-state index contributed by atoms with van der Waals surface area (Å²) in [6, 6.07) is 3.94. The van der Waals surface area contributed by atoms with Crippen LogP contribution < -0.4 is 11.3 Å². The summed E-state index contributed by atoms with van der Waals surface area (Å²) in [7, 11) is 0. The minimum atomic E-state index is -0.812. The van der Waals surface area contributed by atoms with Crippen molar-refractivity contribution in [2.45, 2.75) is 38.1 Å². The van der Waals surface area contributed by atoms with Crippen LogP contribution in [0.25, 0.3) is 0 Å². The molecule has 0 heterocycles. The van der Waals surface area contributed by atoms with Gasteiger partial charge in [0.25, 0.3) is 0 Å². The molecular weight excluding hydrogens is 222 g/mol. The van der Waals surface area contributed by atoms with E-state index in [1.54, 1.807) is 6.07 Å². The van der Waals surface area contributed by atoms with Crippen LogP contribution in [0.2, 0.25) is 0 Å². The standard InChI is InChI=1S/C13H18F2N2/c14-11-7-6-10(8-12(11)15)13(17-16)9-4-2-1-3-5-9/h6-9,13,17H,1-5,16H2. The van der Waals surface area contributed by atoms with Gasteiger partial charge in [-0.2, -0.15) is 0 Å². The van der Waals surface area contributed by atoms with Crippen molar-refractivity contribution < 1.29 is 8.78 Å². The summed E-state index contributed by atoms with van der Waals surface area (Å²) < 4.78 is 26.1. The Balaban J connectivity index is 2.18. The predicted molar refractivity (Wildman–Crippen MR) is 63.0 cm³/mol. The van der Waals surface area contributed by atoms with Crippen LogP contribution in [0.5, 0.6) is 0 Å². The molecule has 0 spiro atoms. The molecule has 17 heavy (non-hydrogen) atoms. The highest BCUT2D eigenvalue weighted by Gasteiger charge is 2.24. The maximum Gasteiger partial charge on any atom is 0.159 e. The fourth-order valence-corrected chi connectivity index (χ4v) is 2.68. The molecule has 1 atom stereocenters. The van der Waals surface area contributed by atoms with Gasteiger partial charge in [-0.15, -0.1) is 0 Å². The lowest BCUT2D eigenvalue weighted by molar-refractivity contribution is 0.273. The molecule has 0 aromatic heterocycles. The van der Waals surface area contributed by atoms with Crippen molar-refractivity contribution in [1.82, 2.24) is 5.43 Å². The van der Waals surface area contributed by atoms with E-state index in [1.807, 2.05) is 0 Å². The van der Waals surface area contributed by atoms with E-state index in [0.717, 1.165) is 24.5 Å². The lowest BCUT2D eigenvalue weighted by Gasteiger charge is -2.30. The van der Waals surface area contributed by atoms with Crippen molar-refractivity contribution in [2.24, 2.45) is 11.8 Å². The first-order valence-electron chi connectivity index (χ1n) is 6.13. The van der Waals surface area contributed by atoms with Crippen LogP contribution in [0.4, 0.5) is 8.78 Å². The molecule has 1 aromatic carbocycles. The third-order valence-electron chi connectivity index (χ3n) is 3.60. The van der Waals surface area contributed by atoms with E-state index in [-0.39, 0.29) is 6.04 Å². The van der Waals surface area contributed by atoms with Gasteiger partial charge in [-0.25, -0.2) is 8.78 Å². The van der Waals surface area contributed by atoms with Gasteiger partial charge in [0.1, 0.15) is 0 Å². The molecule has 2 nitrogen and oxygen atoms in total. The van der Waals surface area contributed by atoms with Gasteiger partial charge in [0, 0.05) is 6.04 Å². The molecule has 94 valence electrons. The van der Waals surface area contributed by atoms with E-state index < -0.39 is 11.6 Å². The van der Waals surface area contributed by atoms with Gasteiger partial charge in [-0.3, -0.25) is 11.3 Å². The van der Waals surface area contributed by atoms with Crippen molar-refractivity contribution >= 4 is 0 Å². The van der Waals surface area contributed by atoms with Gasteiger partial charge in [0.15, 0.2) is 11.6 Å². The maximum absolute atomic E-state index is 13.2. The van der Waals surface area contributed by atoms with Gasteiger partial charge in [-0.1, -0.05) is 25.3 Å². The largest absolute Gasteiger partial charge is 0.271 e. The Morgan fingerprint density at radius 3 is 2.41 bits per heavy atom. The van der Waals surface area contributed by atoms with Gasteiger partial charge in [-0.05, 0) is 36.5 Å². The van der Waals surface area contributed by atoms with Crippen LogP contribution in [-0.2, 0) is 0 Å². The lowest BCUT2D eigenvalue weighted by atomic mass is 9.81. The fraction of sp³-hybridized carbons (Fsp3) is 0.538. The van der Waals surface area contributed by atoms with Crippen molar-refractivity contribution in [3.63, 3.8) is 0 Å². The van der Waals surface area contributed by atoms with E-state index in [2.05, 4.69) is 5.43 Å². The van der Waals surface area contributed by atoms with Crippen LogP contribution >= 0.6 is 0 Å². The fourth-order valence-electron chi connectivity index (χ4n) is 2.68. The summed E-state index contributed by atoms with van der Waals surface area (Å²) in [5, 5.41) is 0. The third-order valence-corrected chi connectivity index (χ3v) is 3.60. The molecule has 0 amide bonds. The highest BCUT2D eigenvalue weighted by Crippen LogP contribution is 2.34. The van der Waals surface area contributed by atoms with Crippen LogP contribution in [-0.4, -0.2) is 0 Å². The molecule has 1 unspecified atom stereocenters. The summed E-state index contributed by atoms with van der Waals surface area (Å²) in [6.45, 7) is 0. The summed E-state index contributed by atoms with van der Waals surface area (Å²) >= 11 is 0. The average molecular weight is 240 g/mol. The summed E-state index contributed by atoms with van der Waals surface area (Å²) in [5.41, 5.74) is 3.48. The summed E-state index contributed by atoms with van der Waals surface area (Å²) in [5.74, 6) is 4.35. The van der Waals surface area contributed by atoms with Gasteiger partial charge < -0.3 is 0 Å². The number of hydrogen-bond donors (Lipinski definition) is 2.